The van der Waals surface area contributed by atoms with E-state index in [9.17, 15) is 5.11 Å². The van der Waals surface area contributed by atoms with Crippen LogP contribution in [0.5, 0.6) is 0 Å². The van der Waals surface area contributed by atoms with E-state index in [0.717, 1.165) is 31.1 Å². The molecule has 0 aliphatic rings. The molecule has 0 radical (unpaired) electrons. The quantitative estimate of drug-likeness (QED) is 0.746. The molecule has 0 unspecified atom stereocenters. The summed E-state index contributed by atoms with van der Waals surface area (Å²) in [4.78, 5) is 2.17. The van der Waals surface area contributed by atoms with Crippen LogP contribution in [0.25, 0.3) is 0 Å². The molecule has 2 N–H and O–H groups in total. The van der Waals surface area contributed by atoms with Gasteiger partial charge >= 0.3 is 0 Å². The maximum atomic E-state index is 9.18. The lowest BCUT2D eigenvalue weighted by atomic mass is 10.2. The van der Waals surface area contributed by atoms with Gasteiger partial charge in [-0.2, -0.15) is 5.10 Å². The Hall–Kier alpha value is -1.07. The molecule has 1 heterocycles. The van der Waals surface area contributed by atoms with Gasteiger partial charge < -0.3 is 15.3 Å². The van der Waals surface area contributed by atoms with Gasteiger partial charge in [-0.25, -0.2) is 0 Å². The molecule has 5 heteroatoms. The minimum absolute atomic E-state index is 0.164. The van der Waals surface area contributed by atoms with Gasteiger partial charge in [0.05, 0.1) is 12.3 Å². The van der Waals surface area contributed by atoms with E-state index in [2.05, 4.69) is 36.1 Å². The number of aryl methyl sites for hydroxylation is 2. The molecule has 0 spiro atoms. The highest BCUT2D eigenvalue weighted by Crippen LogP contribution is 2.22. The van der Waals surface area contributed by atoms with E-state index in [-0.39, 0.29) is 6.61 Å². The Labute approximate surface area is 116 Å². The summed E-state index contributed by atoms with van der Waals surface area (Å²) in [6, 6.07) is 0. The first-order chi connectivity index (χ1) is 9.01. The lowest BCUT2D eigenvalue weighted by Crippen LogP contribution is -2.30. The van der Waals surface area contributed by atoms with Gasteiger partial charge in [-0.3, -0.25) is 4.68 Å². The van der Waals surface area contributed by atoms with Crippen LogP contribution in [0.1, 0.15) is 32.0 Å². The highest BCUT2D eigenvalue weighted by Gasteiger charge is 2.17. The van der Waals surface area contributed by atoms with Crippen molar-refractivity contribution in [3.05, 3.63) is 11.3 Å². The zero-order valence-corrected chi connectivity index (χ0v) is 12.9. The van der Waals surface area contributed by atoms with E-state index in [1.807, 2.05) is 18.7 Å². The number of hydrogen-bond donors (Lipinski definition) is 2. The summed E-state index contributed by atoms with van der Waals surface area (Å²) in [6.07, 6.45) is 0. The molecule has 0 amide bonds. The molecule has 0 bridgehead atoms. The second-order valence-corrected chi connectivity index (χ2v) is 5.34. The van der Waals surface area contributed by atoms with Crippen molar-refractivity contribution in [3.63, 3.8) is 0 Å². The zero-order chi connectivity index (χ0) is 14.4. The maximum Gasteiger partial charge on any atom is 0.131 e. The number of hydrogen-bond acceptors (Lipinski definition) is 4. The molecule has 0 fully saturated rings. The van der Waals surface area contributed by atoms with Crippen LogP contribution in [0.2, 0.25) is 0 Å². The Morgan fingerprint density at radius 1 is 1.42 bits per heavy atom. The molecule has 19 heavy (non-hydrogen) atoms. The monoisotopic (exact) mass is 268 g/mol. The van der Waals surface area contributed by atoms with Crippen LogP contribution < -0.4 is 10.2 Å². The van der Waals surface area contributed by atoms with Crippen LogP contribution >= 0.6 is 0 Å². The molecule has 1 aromatic rings. The van der Waals surface area contributed by atoms with Gasteiger partial charge in [0, 0.05) is 32.2 Å². The van der Waals surface area contributed by atoms with E-state index in [1.165, 1.54) is 5.56 Å². The van der Waals surface area contributed by atoms with Crippen LogP contribution in [0, 0.1) is 12.8 Å². The van der Waals surface area contributed by atoms with Gasteiger partial charge in [0.2, 0.25) is 0 Å². The maximum absolute atomic E-state index is 9.18. The SMILES string of the molecule is CCN(CCO)c1c(CNCC(C)C)c(C)nn1C. The first kappa shape index (κ1) is 16.0. The summed E-state index contributed by atoms with van der Waals surface area (Å²) in [5.41, 5.74) is 2.29. The van der Waals surface area contributed by atoms with Crippen molar-refractivity contribution in [1.82, 2.24) is 15.1 Å². The average molecular weight is 268 g/mol. The molecule has 0 aliphatic carbocycles. The molecule has 0 saturated heterocycles. The van der Waals surface area contributed by atoms with E-state index >= 15 is 0 Å². The largest absolute Gasteiger partial charge is 0.395 e. The van der Waals surface area contributed by atoms with Gasteiger partial charge in [0.1, 0.15) is 5.82 Å². The summed E-state index contributed by atoms with van der Waals surface area (Å²) in [6.45, 7) is 12.1. The highest BCUT2D eigenvalue weighted by atomic mass is 16.3. The van der Waals surface area contributed by atoms with Crippen LogP contribution in [0.15, 0.2) is 0 Å². The van der Waals surface area contributed by atoms with Gasteiger partial charge in [0.15, 0.2) is 0 Å². The van der Waals surface area contributed by atoms with Crippen LogP contribution in [0.4, 0.5) is 5.82 Å². The number of aromatic nitrogens is 2. The third-order valence-electron chi connectivity index (χ3n) is 3.22. The molecular weight excluding hydrogens is 240 g/mol. The first-order valence-electron chi connectivity index (χ1n) is 7.10. The topological polar surface area (TPSA) is 53.3 Å². The molecule has 5 nitrogen and oxygen atoms in total. The van der Waals surface area contributed by atoms with Crippen LogP contribution in [0.3, 0.4) is 0 Å². The fourth-order valence-corrected chi connectivity index (χ4v) is 2.31. The number of nitrogens with one attached hydrogen (secondary N) is 1. The number of nitrogens with zero attached hydrogens (tertiary/aromatic N) is 3. The molecule has 0 atom stereocenters. The average Bonchev–Trinajstić information content (AvgIpc) is 2.61. The predicted octanol–water partition coefficient (Wildman–Crippen LogP) is 1.29. The molecule has 1 rings (SSSR count). The molecule has 110 valence electrons. The third-order valence-corrected chi connectivity index (χ3v) is 3.22. The standard InChI is InChI=1S/C14H28N4O/c1-6-18(7-8-19)14-13(10-15-9-11(2)3)12(4)16-17(14)5/h11,15,19H,6-10H2,1-5H3. The second kappa shape index (κ2) is 7.50. The number of anilines is 1. The zero-order valence-electron chi connectivity index (χ0n) is 12.9. The summed E-state index contributed by atoms with van der Waals surface area (Å²) in [7, 11) is 1.97. The molecule has 0 aliphatic heterocycles. The van der Waals surface area contributed by atoms with Crippen molar-refractivity contribution in [1.29, 1.82) is 0 Å². The van der Waals surface area contributed by atoms with Gasteiger partial charge in [-0.05, 0) is 26.3 Å². The Balaban J connectivity index is 2.89. The Morgan fingerprint density at radius 3 is 2.63 bits per heavy atom. The molecule has 1 aromatic heterocycles. The molecular formula is C14H28N4O. The highest BCUT2D eigenvalue weighted by molar-refractivity contribution is 5.50. The Kier molecular flexibility index (Phi) is 6.31. The van der Waals surface area contributed by atoms with E-state index in [0.29, 0.717) is 12.5 Å². The second-order valence-electron chi connectivity index (χ2n) is 5.34. The van der Waals surface area contributed by atoms with Crippen molar-refractivity contribution in [3.8, 4) is 0 Å². The lowest BCUT2D eigenvalue weighted by Gasteiger charge is -2.23. The van der Waals surface area contributed by atoms with Crippen LogP contribution in [-0.4, -0.2) is 41.1 Å². The summed E-state index contributed by atoms with van der Waals surface area (Å²) in [5.74, 6) is 1.76. The summed E-state index contributed by atoms with van der Waals surface area (Å²) >= 11 is 0. The summed E-state index contributed by atoms with van der Waals surface area (Å²) in [5, 5.41) is 17.2. The lowest BCUT2D eigenvalue weighted by molar-refractivity contribution is 0.301. The minimum atomic E-state index is 0.164. The Morgan fingerprint density at radius 2 is 2.11 bits per heavy atom. The van der Waals surface area contributed by atoms with Gasteiger partial charge in [-0.15, -0.1) is 0 Å². The fraction of sp³-hybridized carbons (Fsp3) is 0.786. The van der Waals surface area contributed by atoms with Crippen molar-refractivity contribution in [2.75, 3.05) is 31.1 Å². The van der Waals surface area contributed by atoms with E-state index < -0.39 is 0 Å². The van der Waals surface area contributed by atoms with E-state index in [4.69, 9.17) is 0 Å². The summed E-state index contributed by atoms with van der Waals surface area (Å²) < 4.78 is 1.92. The molecule has 0 saturated carbocycles. The first-order valence-corrected chi connectivity index (χ1v) is 7.10. The number of aliphatic hydroxyl groups is 1. The number of aliphatic hydroxyl groups excluding tert-OH is 1. The number of likely N-dealkylation sites (N-methyl/N-ethyl adjacent to an activating group) is 1. The van der Waals surface area contributed by atoms with Crippen molar-refractivity contribution in [2.45, 2.75) is 34.2 Å². The van der Waals surface area contributed by atoms with Crippen molar-refractivity contribution in [2.24, 2.45) is 13.0 Å². The van der Waals surface area contributed by atoms with Crippen LogP contribution in [-0.2, 0) is 13.6 Å². The minimum Gasteiger partial charge on any atom is -0.395 e. The predicted molar refractivity (Wildman–Crippen MR) is 79.5 cm³/mol. The molecule has 0 aromatic carbocycles. The fourth-order valence-electron chi connectivity index (χ4n) is 2.31. The Bertz CT molecular complexity index is 387. The van der Waals surface area contributed by atoms with Gasteiger partial charge in [0.25, 0.3) is 0 Å². The van der Waals surface area contributed by atoms with Crippen molar-refractivity contribution < 1.29 is 5.11 Å². The van der Waals surface area contributed by atoms with E-state index in [1.54, 1.807) is 0 Å². The smallest absolute Gasteiger partial charge is 0.131 e. The number of rotatable bonds is 8. The normalized spacial score (nSPS) is 11.3. The van der Waals surface area contributed by atoms with Gasteiger partial charge in [-0.1, -0.05) is 13.8 Å². The third kappa shape index (κ3) is 4.21. The van der Waals surface area contributed by atoms with Crippen molar-refractivity contribution >= 4 is 5.82 Å².